The number of unbranched alkanes of at least 4 members (excludes halogenated alkanes) is 4. The lowest BCUT2D eigenvalue weighted by atomic mass is 9.92. The van der Waals surface area contributed by atoms with E-state index in [1.54, 1.807) is 0 Å². The third-order valence-corrected chi connectivity index (χ3v) is 7.07. The van der Waals surface area contributed by atoms with Crippen molar-refractivity contribution >= 4 is 0 Å². The Hall–Kier alpha value is -0.0800. The van der Waals surface area contributed by atoms with E-state index in [0.717, 1.165) is 23.9 Å². The molecule has 168 valence electrons. The van der Waals surface area contributed by atoms with Gasteiger partial charge in [-0.05, 0) is 43.9 Å². The Labute approximate surface area is 178 Å². The topological polar surface area (TPSA) is 6.48 Å². The number of hydrogen-bond acceptors (Lipinski definition) is 2. The first-order chi connectivity index (χ1) is 13.6. The van der Waals surface area contributed by atoms with Gasteiger partial charge in [0.05, 0.1) is 0 Å². The highest BCUT2D eigenvalue weighted by atomic mass is 15.3. The van der Waals surface area contributed by atoms with Crippen molar-refractivity contribution in [3.8, 4) is 0 Å². The molecule has 2 nitrogen and oxygen atoms in total. The first-order valence-electron chi connectivity index (χ1n) is 13.1. The van der Waals surface area contributed by atoms with Crippen LogP contribution >= 0.6 is 0 Å². The van der Waals surface area contributed by atoms with Crippen LogP contribution in [0.2, 0.25) is 0 Å². The molecular weight excluding hydrogens is 340 g/mol. The monoisotopic (exact) mass is 394 g/mol. The summed E-state index contributed by atoms with van der Waals surface area (Å²) in [5.41, 5.74) is 0. The molecule has 28 heavy (non-hydrogen) atoms. The Bertz CT molecular complexity index is 342. The summed E-state index contributed by atoms with van der Waals surface area (Å²) in [6, 6.07) is 1.54. The lowest BCUT2D eigenvalue weighted by Gasteiger charge is -2.48. The molecule has 0 aromatic rings. The molecule has 1 heterocycles. The van der Waals surface area contributed by atoms with Gasteiger partial charge in [-0.3, -0.25) is 9.80 Å². The molecule has 4 atom stereocenters. The molecule has 0 aliphatic carbocycles. The van der Waals surface area contributed by atoms with Gasteiger partial charge < -0.3 is 0 Å². The number of piperazine rings is 1. The van der Waals surface area contributed by atoms with Gasteiger partial charge >= 0.3 is 0 Å². The molecule has 1 fully saturated rings. The molecule has 0 bridgehead atoms. The molecule has 1 aliphatic heterocycles. The van der Waals surface area contributed by atoms with Crippen LogP contribution in [0.25, 0.3) is 0 Å². The standard InChI is InChI=1S/C26H54N2/c1-7-12-14-15-18-24(17-13-8-2)20-27-21-25(10-4)28(26(11-5)22-27)19-23(6)16-9-3/h23-26H,7-22H2,1-6H3/t23?,24?,25-,26+. The van der Waals surface area contributed by atoms with Crippen molar-refractivity contribution in [2.45, 2.75) is 131 Å². The zero-order valence-electron chi connectivity index (χ0n) is 20.5. The fourth-order valence-corrected chi connectivity index (χ4v) is 5.34. The predicted octanol–water partition coefficient (Wildman–Crippen LogP) is 7.37. The fraction of sp³-hybridized carbons (Fsp3) is 1.00. The second-order valence-electron chi connectivity index (χ2n) is 9.79. The van der Waals surface area contributed by atoms with Gasteiger partial charge in [0.2, 0.25) is 0 Å². The second-order valence-corrected chi connectivity index (χ2v) is 9.79. The zero-order valence-corrected chi connectivity index (χ0v) is 20.5. The Morgan fingerprint density at radius 1 is 0.679 bits per heavy atom. The molecule has 0 radical (unpaired) electrons. The number of hydrogen-bond donors (Lipinski definition) is 0. The Kier molecular flexibility index (Phi) is 14.6. The minimum atomic E-state index is 0.768. The summed E-state index contributed by atoms with van der Waals surface area (Å²) in [5.74, 6) is 1.77. The zero-order chi connectivity index (χ0) is 20.8. The van der Waals surface area contributed by atoms with E-state index in [-0.39, 0.29) is 0 Å². The van der Waals surface area contributed by atoms with Gasteiger partial charge in [-0.2, -0.15) is 0 Å². The van der Waals surface area contributed by atoms with Crippen molar-refractivity contribution in [2.24, 2.45) is 11.8 Å². The molecule has 0 aromatic heterocycles. The molecule has 2 heteroatoms. The number of nitrogens with zero attached hydrogens (tertiary/aromatic N) is 2. The minimum Gasteiger partial charge on any atom is -0.300 e. The van der Waals surface area contributed by atoms with Crippen molar-refractivity contribution < 1.29 is 0 Å². The van der Waals surface area contributed by atoms with Crippen LogP contribution in [-0.2, 0) is 0 Å². The van der Waals surface area contributed by atoms with E-state index in [2.05, 4.69) is 51.3 Å². The minimum absolute atomic E-state index is 0.768. The van der Waals surface area contributed by atoms with Gasteiger partial charge in [0.1, 0.15) is 0 Å². The summed E-state index contributed by atoms with van der Waals surface area (Å²) >= 11 is 0. The van der Waals surface area contributed by atoms with Crippen LogP contribution in [0.4, 0.5) is 0 Å². The van der Waals surface area contributed by atoms with Crippen LogP contribution in [0.15, 0.2) is 0 Å². The van der Waals surface area contributed by atoms with Crippen LogP contribution in [0.1, 0.15) is 119 Å². The molecule has 0 amide bonds. The molecular formula is C26H54N2. The Balaban J connectivity index is 2.65. The van der Waals surface area contributed by atoms with E-state index in [1.807, 2.05) is 0 Å². The molecule has 1 saturated heterocycles. The van der Waals surface area contributed by atoms with Crippen molar-refractivity contribution in [1.29, 1.82) is 0 Å². The van der Waals surface area contributed by atoms with Crippen molar-refractivity contribution in [1.82, 2.24) is 9.80 Å². The Morgan fingerprint density at radius 3 is 1.82 bits per heavy atom. The molecule has 0 N–H and O–H groups in total. The van der Waals surface area contributed by atoms with E-state index in [4.69, 9.17) is 0 Å². The quantitative estimate of drug-likeness (QED) is 0.252. The van der Waals surface area contributed by atoms with E-state index < -0.39 is 0 Å². The summed E-state index contributed by atoms with van der Waals surface area (Å²) < 4.78 is 0. The summed E-state index contributed by atoms with van der Waals surface area (Å²) in [6.07, 6.45) is 16.7. The first-order valence-corrected chi connectivity index (χ1v) is 13.1. The number of rotatable bonds is 16. The summed E-state index contributed by atoms with van der Waals surface area (Å²) in [7, 11) is 0. The maximum atomic E-state index is 2.90. The van der Waals surface area contributed by atoms with Crippen LogP contribution in [0.3, 0.4) is 0 Å². The largest absolute Gasteiger partial charge is 0.300 e. The second kappa shape index (κ2) is 15.7. The van der Waals surface area contributed by atoms with Crippen molar-refractivity contribution in [2.75, 3.05) is 26.2 Å². The van der Waals surface area contributed by atoms with Crippen molar-refractivity contribution in [3.05, 3.63) is 0 Å². The van der Waals surface area contributed by atoms with E-state index in [0.29, 0.717) is 0 Å². The van der Waals surface area contributed by atoms with Gasteiger partial charge in [0.25, 0.3) is 0 Å². The van der Waals surface area contributed by atoms with Gasteiger partial charge in [0, 0.05) is 38.3 Å². The average molecular weight is 395 g/mol. The summed E-state index contributed by atoms with van der Waals surface area (Å²) in [6.45, 7) is 19.6. The Morgan fingerprint density at radius 2 is 1.29 bits per heavy atom. The van der Waals surface area contributed by atoms with E-state index in [1.165, 1.54) is 103 Å². The highest BCUT2D eigenvalue weighted by Gasteiger charge is 2.33. The van der Waals surface area contributed by atoms with Crippen LogP contribution < -0.4 is 0 Å². The summed E-state index contributed by atoms with van der Waals surface area (Å²) in [4.78, 5) is 5.77. The highest BCUT2D eigenvalue weighted by molar-refractivity contribution is 4.89. The van der Waals surface area contributed by atoms with E-state index in [9.17, 15) is 0 Å². The molecule has 1 aliphatic rings. The van der Waals surface area contributed by atoms with Crippen LogP contribution in [0, 0.1) is 11.8 Å². The normalized spacial score (nSPS) is 23.8. The smallest absolute Gasteiger partial charge is 0.0224 e. The maximum Gasteiger partial charge on any atom is 0.0224 e. The highest BCUT2D eigenvalue weighted by Crippen LogP contribution is 2.26. The molecule has 2 unspecified atom stereocenters. The first kappa shape index (κ1) is 26.0. The third-order valence-electron chi connectivity index (χ3n) is 7.07. The average Bonchev–Trinajstić information content (AvgIpc) is 2.69. The van der Waals surface area contributed by atoms with Crippen LogP contribution in [-0.4, -0.2) is 48.1 Å². The van der Waals surface area contributed by atoms with Gasteiger partial charge in [-0.15, -0.1) is 0 Å². The van der Waals surface area contributed by atoms with E-state index >= 15 is 0 Å². The summed E-state index contributed by atoms with van der Waals surface area (Å²) in [5, 5.41) is 0. The molecule has 0 spiro atoms. The van der Waals surface area contributed by atoms with Gasteiger partial charge in [-0.25, -0.2) is 0 Å². The molecule has 0 aromatic carbocycles. The predicted molar refractivity (Wildman–Crippen MR) is 127 cm³/mol. The fourth-order valence-electron chi connectivity index (χ4n) is 5.34. The lowest BCUT2D eigenvalue weighted by Crippen LogP contribution is -2.59. The van der Waals surface area contributed by atoms with Crippen LogP contribution in [0.5, 0.6) is 0 Å². The lowest BCUT2D eigenvalue weighted by molar-refractivity contribution is 0.00237. The molecule has 1 rings (SSSR count). The molecule has 0 saturated carbocycles. The SMILES string of the molecule is CCCCCCC(CCCC)CN1C[C@@H](CC)N(CC(C)CCC)[C@@H](CC)C1. The van der Waals surface area contributed by atoms with Gasteiger partial charge in [-0.1, -0.05) is 86.5 Å². The van der Waals surface area contributed by atoms with Gasteiger partial charge in [0.15, 0.2) is 0 Å². The maximum absolute atomic E-state index is 2.90. The third kappa shape index (κ3) is 9.61. The van der Waals surface area contributed by atoms with Crippen molar-refractivity contribution in [3.63, 3.8) is 0 Å².